The summed E-state index contributed by atoms with van der Waals surface area (Å²) < 4.78 is 0. The highest BCUT2D eigenvalue weighted by atomic mass is 32.1. The Morgan fingerprint density at radius 2 is 2.21 bits per heavy atom. The second-order valence-corrected chi connectivity index (χ2v) is 9.45. The molecule has 7 heteroatoms. The molecule has 0 bridgehead atoms. The average molecular weight is 400 g/mol. The Balaban J connectivity index is 1.31. The second-order valence-electron chi connectivity index (χ2n) is 8.22. The third kappa shape index (κ3) is 4.36. The SMILES string of the molecule is Cc1cnc(Nc2cccc(CC3CCN(C(=O)C4(C)CCCN4)CC3)n2)s1. The number of amides is 1. The van der Waals surface area contributed by atoms with Crippen molar-refractivity contribution in [1.29, 1.82) is 0 Å². The molecule has 4 rings (SSSR count). The van der Waals surface area contributed by atoms with Crippen LogP contribution in [-0.2, 0) is 11.2 Å². The van der Waals surface area contributed by atoms with Gasteiger partial charge in [0, 0.05) is 29.9 Å². The number of rotatable bonds is 5. The fourth-order valence-electron chi connectivity index (χ4n) is 4.25. The summed E-state index contributed by atoms with van der Waals surface area (Å²) in [6.07, 6.45) is 6.97. The van der Waals surface area contributed by atoms with Crippen LogP contribution in [0.2, 0.25) is 0 Å². The van der Waals surface area contributed by atoms with E-state index in [2.05, 4.69) is 39.6 Å². The number of aromatic nitrogens is 2. The van der Waals surface area contributed by atoms with E-state index >= 15 is 0 Å². The van der Waals surface area contributed by atoms with Crippen molar-refractivity contribution in [3.05, 3.63) is 35.0 Å². The van der Waals surface area contributed by atoms with Crippen molar-refractivity contribution >= 4 is 28.2 Å². The number of aryl methyl sites for hydroxylation is 1. The van der Waals surface area contributed by atoms with Gasteiger partial charge in [0.1, 0.15) is 5.82 Å². The molecule has 1 amide bonds. The predicted molar refractivity (Wildman–Crippen MR) is 113 cm³/mol. The van der Waals surface area contributed by atoms with Gasteiger partial charge in [0.05, 0.1) is 5.54 Å². The summed E-state index contributed by atoms with van der Waals surface area (Å²) in [4.78, 5) is 25.2. The Hall–Kier alpha value is -1.99. The predicted octanol–water partition coefficient (Wildman–Crippen LogP) is 3.51. The van der Waals surface area contributed by atoms with Crippen LogP contribution in [0.1, 0.15) is 43.2 Å². The number of hydrogen-bond donors (Lipinski definition) is 2. The number of hydrogen-bond acceptors (Lipinski definition) is 6. The number of carbonyl (C=O) groups excluding carboxylic acids is 1. The van der Waals surface area contributed by atoms with E-state index in [9.17, 15) is 4.79 Å². The van der Waals surface area contributed by atoms with Gasteiger partial charge in [0.2, 0.25) is 5.91 Å². The van der Waals surface area contributed by atoms with Gasteiger partial charge in [-0.25, -0.2) is 9.97 Å². The van der Waals surface area contributed by atoms with Crippen LogP contribution in [0.3, 0.4) is 0 Å². The number of piperidine rings is 1. The van der Waals surface area contributed by atoms with Gasteiger partial charge in [-0.15, -0.1) is 11.3 Å². The Labute approximate surface area is 170 Å². The van der Waals surface area contributed by atoms with Crippen LogP contribution >= 0.6 is 11.3 Å². The molecule has 2 saturated heterocycles. The molecule has 0 spiro atoms. The lowest BCUT2D eigenvalue weighted by molar-refractivity contribution is -0.138. The minimum Gasteiger partial charge on any atom is -0.341 e. The Bertz CT molecular complexity index is 822. The Kier molecular flexibility index (Phi) is 5.64. The lowest BCUT2D eigenvalue weighted by Gasteiger charge is -2.37. The summed E-state index contributed by atoms with van der Waals surface area (Å²) in [6, 6.07) is 6.13. The van der Waals surface area contributed by atoms with E-state index in [-0.39, 0.29) is 11.4 Å². The Morgan fingerprint density at radius 3 is 2.89 bits per heavy atom. The van der Waals surface area contributed by atoms with Crippen LogP contribution in [0.4, 0.5) is 10.9 Å². The maximum atomic E-state index is 12.8. The zero-order chi connectivity index (χ0) is 19.6. The van der Waals surface area contributed by atoms with Crippen LogP contribution in [-0.4, -0.2) is 45.9 Å². The van der Waals surface area contributed by atoms with E-state index in [4.69, 9.17) is 4.98 Å². The maximum absolute atomic E-state index is 12.8. The average Bonchev–Trinajstić information content (AvgIpc) is 3.31. The number of anilines is 2. The third-order valence-corrected chi connectivity index (χ3v) is 6.73. The molecule has 2 aliphatic heterocycles. The number of likely N-dealkylation sites (tertiary alicyclic amines) is 1. The van der Waals surface area contributed by atoms with E-state index in [1.165, 1.54) is 4.88 Å². The first-order valence-electron chi connectivity index (χ1n) is 10.2. The zero-order valence-corrected chi connectivity index (χ0v) is 17.5. The monoisotopic (exact) mass is 399 g/mol. The van der Waals surface area contributed by atoms with Crippen molar-refractivity contribution in [2.75, 3.05) is 25.0 Å². The van der Waals surface area contributed by atoms with Crippen molar-refractivity contribution in [2.45, 2.75) is 51.5 Å². The van der Waals surface area contributed by atoms with Gasteiger partial charge in [-0.05, 0) is 70.5 Å². The molecule has 4 heterocycles. The first kappa shape index (κ1) is 19.3. The van der Waals surface area contributed by atoms with Crippen molar-refractivity contribution in [2.24, 2.45) is 5.92 Å². The van der Waals surface area contributed by atoms with Crippen LogP contribution in [0.5, 0.6) is 0 Å². The molecule has 0 saturated carbocycles. The third-order valence-electron chi connectivity index (χ3n) is 5.90. The fourth-order valence-corrected chi connectivity index (χ4v) is 4.92. The normalized spacial score (nSPS) is 23.1. The molecule has 150 valence electrons. The van der Waals surface area contributed by atoms with Crippen molar-refractivity contribution in [3.63, 3.8) is 0 Å². The van der Waals surface area contributed by atoms with Crippen molar-refractivity contribution < 1.29 is 4.79 Å². The van der Waals surface area contributed by atoms with Crippen molar-refractivity contribution in [3.8, 4) is 0 Å². The summed E-state index contributed by atoms with van der Waals surface area (Å²) in [7, 11) is 0. The molecule has 0 radical (unpaired) electrons. The molecule has 0 aliphatic carbocycles. The van der Waals surface area contributed by atoms with Gasteiger partial charge in [0.15, 0.2) is 5.13 Å². The molecule has 1 atom stereocenters. The maximum Gasteiger partial charge on any atom is 0.242 e. The molecule has 2 fully saturated rings. The second kappa shape index (κ2) is 8.17. The summed E-state index contributed by atoms with van der Waals surface area (Å²) >= 11 is 1.63. The smallest absolute Gasteiger partial charge is 0.242 e. The van der Waals surface area contributed by atoms with Crippen LogP contribution < -0.4 is 10.6 Å². The van der Waals surface area contributed by atoms with Crippen LogP contribution in [0.15, 0.2) is 24.4 Å². The molecular formula is C21H29N5OS. The zero-order valence-electron chi connectivity index (χ0n) is 16.7. The Morgan fingerprint density at radius 1 is 1.39 bits per heavy atom. The number of pyridine rings is 1. The summed E-state index contributed by atoms with van der Waals surface area (Å²) in [5.74, 6) is 1.71. The lowest BCUT2D eigenvalue weighted by atomic mass is 9.90. The largest absolute Gasteiger partial charge is 0.341 e. The lowest BCUT2D eigenvalue weighted by Crippen LogP contribution is -2.54. The van der Waals surface area contributed by atoms with Gasteiger partial charge >= 0.3 is 0 Å². The van der Waals surface area contributed by atoms with Gasteiger partial charge in [0.25, 0.3) is 0 Å². The number of thiazole rings is 1. The summed E-state index contributed by atoms with van der Waals surface area (Å²) in [5, 5.41) is 7.57. The van der Waals surface area contributed by atoms with Gasteiger partial charge in [-0.3, -0.25) is 4.79 Å². The van der Waals surface area contributed by atoms with Gasteiger partial charge < -0.3 is 15.5 Å². The molecule has 6 nitrogen and oxygen atoms in total. The number of nitrogens with zero attached hydrogens (tertiary/aromatic N) is 3. The topological polar surface area (TPSA) is 70.2 Å². The first-order chi connectivity index (χ1) is 13.5. The first-order valence-corrected chi connectivity index (χ1v) is 11.0. The highest BCUT2D eigenvalue weighted by molar-refractivity contribution is 7.15. The molecule has 1 unspecified atom stereocenters. The minimum atomic E-state index is -0.345. The summed E-state index contributed by atoms with van der Waals surface area (Å²) in [5.41, 5.74) is 0.759. The number of carbonyl (C=O) groups is 1. The summed E-state index contributed by atoms with van der Waals surface area (Å²) in [6.45, 7) is 6.78. The van der Waals surface area contributed by atoms with E-state index in [0.717, 1.165) is 68.4 Å². The molecule has 2 aliphatic rings. The molecular weight excluding hydrogens is 370 g/mol. The van der Waals surface area contributed by atoms with E-state index in [1.807, 2.05) is 19.2 Å². The van der Waals surface area contributed by atoms with E-state index in [0.29, 0.717) is 5.92 Å². The van der Waals surface area contributed by atoms with Crippen LogP contribution in [0.25, 0.3) is 0 Å². The highest BCUT2D eigenvalue weighted by Gasteiger charge is 2.39. The fraction of sp³-hybridized carbons (Fsp3) is 0.571. The molecule has 2 aromatic heterocycles. The molecule has 2 N–H and O–H groups in total. The minimum absolute atomic E-state index is 0.284. The van der Waals surface area contributed by atoms with Crippen LogP contribution in [0, 0.1) is 12.8 Å². The standard InChI is InChI=1S/C21H29N5OS/c1-15-14-22-20(28-15)25-18-6-3-5-17(24-18)13-16-7-11-26(12-8-16)19(27)21(2)9-4-10-23-21/h3,5-6,14,16,23H,4,7-13H2,1-2H3,(H,22,24,25). The molecule has 2 aromatic rings. The highest BCUT2D eigenvalue weighted by Crippen LogP contribution is 2.27. The quantitative estimate of drug-likeness (QED) is 0.805. The number of nitrogens with one attached hydrogen (secondary N) is 2. The van der Waals surface area contributed by atoms with E-state index < -0.39 is 0 Å². The molecule has 0 aromatic carbocycles. The van der Waals surface area contributed by atoms with Crippen molar-refractivity contribution in [1.82, 2.24) is 20.2 Å². The van der Waals surface area contributed by atoms with Gasteiger partial charge in [-0.2, -0.15) is 0 Å². The molecule has 28 heavy (non-hydrogen) atoms. The van der Waals surface area contributed by atoms with E-state index in [1.54, 1.807) is 11.3 Å². The van der Waals surface area contributed by atoms with Gasteiger partial charge in [-0.1, -0.05) is 6.07 Å².